The molecule has 1 heterocycles. The summed E-state index contributed by atoms with van der Waals surface area (Å²) in [5.74, 6) is -0.122. The van der Waals surface area contributed by atoms with Crippen LogP contribution in [0.25, 0.3) is 0 Å². The number of hydrogen-bond donors (Lipinski definition) is 1. The minimum atomic E-state index is -0.365. The zero-order chi connectivity index (χ0) is 18.5. The summed E-state index contributed by atoms with van der Waals surface area (Å²) in [4.78, 5) is 30.5. The zero-order valence-corrected chi connectivity index (χ0v) is 15.4. The van der Waals surface area contributed by atoms with E-state index < -0.39 is 0 Å². The van der Waals surface area contributed by atoms with E-state index >= 15 is 0 Å². The van der Waals surface area contributed by atoms with Gasteiger partial charge in [0, 0.05) is 36.9 Å². The summed E-state index contributed by atoms with van der Waals surface area (Å²) in [6, 6.07) is 11.0. The quantitative estimate of drug-likeness (QED) is 0.810. The van der Waals surface area contributed by atoms with Crippen LogP contribution in [-0.4, -0.2) is 27.7 Å². The Kier molecular flexibility index (Phi) is 5.89. The van der Waals surface area contributed by atoms with Crippen LogP contribution in [0.3, 0.4) is 0 Å². The van der Waals surface area contributed by atoms with Gasteiger partial charge in [-0.25, -0.2) is 0 Å². The predicted octanol–water partition coefficient (Wildman–Crippen LogP) is 3.49. The average molecular weight is 372 g/mol. The van der Waals surface area contributed by atoms with Gasteiger partial charge in [0.15, 0.2) is 0 Å². The number of rotatable bonds is 7. The number of benzene rings is 1. The van der Waals surface area contributed by atoms with E-state index in [-0.39, 0.29) is 24.3 Å². The van der Waals surface area contributed by atoms with Gasteiger partial charge in [-0.2, -0.15) is 0 Å². The molecular formula is C20H22ClN3O2. The van der Waals surface area contributed by atoms with E-state index in [0.29, 0.717) is 17.6 Å². The van der Waals surface area contributed by atoms with Crippen molar-refractivity contribution in [3.8, 4) is 0 Å². The van der Waals surface area contributed by atoms with Crippen molar-refractivity contribution < 1.29 is 9.59 Å². The fourth-order valence-corrected chi connectivity index (χ4v) is 3.10. The number of hydrogen-bond acceptors (Lipinski definition) is 3. The monoisotopic (exact) mass is 371 g/mol. The van der Waals surface area contributed by atoms with E-state index in [0.717, 1.165) is 24.0 Å². The Morgan fingerprint density at radius 1 is 1.19 bits per heavy atom. The molecule has 136 valence electrons. The third-order valence-corrected chi connectivity index (χ3v) is 4.69. The fraction of sp³-hybridized carbons (Fsp3) is 0.350. The van der Waals surface area contributed by atoms with Gasteiger partial charge in [0.2, 0.25) is 11.8 Å². The van der Waals surface area contributed by atoms with Crippen molar-refractivity contribution in [3.05, 3.63) is 64.9 Å². The summed E-state index contributed by atoms with van der Waals surface area (Å²) in [6.45, 7) is 2.03. The number of aromatic nitrogens is 1. The normalized spacial score (nSPS) is 14.5. The highest BCUT2D eigenvalue weighted by Gasteiger charge is 2.33. The van der Waals surface area contributed by atoms with E-state index in [4.69, 9.17) is 11.6 Å². The molecule has 1 saturated carbocycles. The molecule has 1 aromatic carbocycles. The van der Waals surface area contributed by atoms with Crippen molar-refractivity contribution in [2.24, 2.45) is 0 Å². The molecule has 1 unspecified atom stereocenters. The Hall–Kier alpha value is -2.40. The topological polar surface area (TPSA) is 62.3 Å². The summed E-state index contributed by atoms with van der Waals surface area (Å²) < 4.78 is 0. The number of nitrogens with zero attached hydrogens (tertiary/aromatic N) is 2. The molecule has 1 aliphatic rings. The van der Waals surface area contributed by atoms with Crippen molar-refractivity contribution >= 4 is 23.4 Å². The Morgan fingerprint density at radius 2 is 1.85 bits per heavy atom. The van der Waals surface area contributed by atoms with Crippen molar-refractivity contribution in [2.45, 2.75) is 44.8 Å². The highest BCUT2D eigenvalue weighted by molar-refractivity contribution is 6.30. The van der Waals surface area contributed by atoms with E-state index in [2.05, 4.69) is 10.3 Å². The molecule has 26 heavy (non-hydrogen) atoms. The molecule has 0 aliphatic heterocycles. The van der Waals surface area contributed by atoms with E-state index in [9.17, 15) is 9.59 Å². The number of carbonyl (C=O) groups excluding carboxylic acids is 2. The standard InChI is InChI=1S/C20H22ClN3O2/c1-14(25)23-19(16-2-4-17(21)5-3-16)12-20(26)24(18-6-7-18)13-15-8-10-22-11-9-15/h2-5,8-11,18-19H,6-7,12-13H2,1H3,(H,23,25). The van der Waals surface area contributed by atoms with Crippen LogP contribution in [0.5, 0.6) is 0 Å². The lowest BCUT2D eigenvalue weighted by Gasteiger charge is -2.26. The van der Waals surface area contributed by atoms with Crippen LogP contribution < -0.4 is 5.32 Å². The lowest BCUT2D eigenvalue weighted by atomic mass is 10.0. The summed E-state index contributed by atoms with van der Waals surface area (Å²) in [7, 11) is 0. The molecule has 0 saturated heterocycles. The van der Waals surface area contributed by atoms with Crippen molar-refractivity contribution in [1.82, 2.24) is 15.2 Å². The van der Waals surface area contributed by atoms with Gasteiger partial charge in [0.25, 0.3) is 0 Å². The maximum atomic E-state index is 13.0. The molecule has 6 heteroatoms. The molecule has 1 fully saturated rings. The third kappa shape index (κ3) is 5.05. The van der Waals surface area contributed by atoms with Crippen LogP contribution in [0.2, 0.25) is 5.02 Å². The van der Waals surface area contributed by atoms with Crippen LogP contribution in [0.4, 0.5) is 0 Å². The van der Waals surface area contributed by atoms with E-state index in [1.165, 1.54) is 6.92 Å². The first kappa shape index (κ1) is 18.4. The highest BCUT2D eigenvalue weighted by atomic mass is 35.5. The predicted molar refractivity (Wildman–Crippen MR) is 100 cm³/mol. The fourth-order valence-electron chi connectivity index (χ4n) is 2.98. The molecule has 0 radical (unpaired) electrons. The SMILES string of the molecule is CC(=O)NC(CC(=O)N(Cc1ccncc1)C1CC1)c1ccc(Cl)cc1. The second-order valence-corrected chi connectivity index (χ2v) is 7.05. The third-order valence-electron chi connectivity index (χ3n) is 4.44. The molecule has 2 aromatic rings. The Balaban J connectivity index is 1.74. The lowest BCUT2D eigenvalue weighted by Crippen LogP contribution is -2.36. The zero-order valence-electron chi connectivity index (χ0n) is 14.7. The molecule has 3 rings (SSSR count). The van der Waals surface area contributed by atoms with Crippen LogP contribution in [0, 0.1) is 0 Å². The van der Waals surface area contributed by atoms with E-state index in [1.807, 2.05) is 29.2 Å². The molecule has 1 aromatic heterocycles. The van der Waals surface area contributed by atoms with Gasteiger partial charge in [-0.05, 0) is 48.2 Å². The summed E-state index contributed by atoms with van der Waals surface area (Å²) in [5, 5.41) is 3.51. The molecule has 5 nitrogen and oxygen atoms in total. The molecule has 0 bridgehead atoms. The van der Waals surface area contributed by atoms with Gasteiger partial charge in [-0.3, -0.25) is 14.6 Å². The average Bonchev–Trinajstić information content (AvgIpc) is 3.45. The number of carbonyl (C=O) groups is 2. The lowest BCUT2D eigenvalue weighted by molar-refractivity contribution is -0.133. The summed E-state index contributed by atoms with van der Waals surface area (Å²) >= 11 is 5.95. The number of amides is 2. The van der Waals surface area contributed by atoms with Crippen LogP contribution >= 0.6 is 11.6 Å². The minimum absolute atomic E-state index is 0.0398. The van der Waals surface area contributed by atoms with Gasteiger partial charge in [0.05, 0.1) is 12.5 Å². The van der Waals surface area contributed by atoms with Gasteiger partial charge in [-0.15, -0.1) is 0 Å². The van der Waals surface area contributed by atoms with Gasteiger partial charge in [-0.1, -0.05) is 23.7 Å². The second kappa shape index (κ2) is 8.32. The Labute approximate surface area is 158 Å². The first-order valence-corrected chi connectivity index (χ1v) is 9.11. The molecule has 1 atom stereocenters. The molecule has 1 N–H and O–H groups in total. The molecular weight excluding hydrogens is 350 g/mol. The van der Waals surface area contributed by atoms with Crippen molar-refractivity contribution in [3.63, 3.8) is 0 Å². The Morgan fingerprint density at radius 3 is 2.42 bits per heavy atom. The maximum absolute atomic E-state index is 13.0. The number of pyridine rings is 1. The number of halogens is 1. The van der Waals surface area contributed by atoms with Gasteiger partial charge >= 0.3 is 0 Å². The smallest absolute Gasteiger partial charge is 0.225 e. The first-order chi connectivity index (χ1) is 12.5. The molecule has 2 amide bonds. The van der Waals surface area contributed by atoms with E-state index in [1.54, 1.807) is 24.5 Å². The van der Waals surface area contributed by atoms with Crippen LogP contribution in [0.15, 0.2) is 48.8 Å². The number of nitrogens with one attached hydrogen (secondary N) is 1. The first-order valence-electron chi connectivity index (χ1n) is 8.74. The van der Waals surface area contributed by atoms with Crippen LogP contribution in [-0.2, 0) is 16.1 Å². The largest absolute Gasteiger partial charge is 0.349 e. The van der Waals surface area contributed by atoms with Crippen molar-refractivity contribution in [1.29, 1.82) is 0 Å². The second-order valence-electron chi connectivity index (χ2n) is 6.62. The van der Waals surface area contributed by atoms with Crippen molar-refractivity contribution in [2.75, 3.05) is 0 Å². The highest BCUT2D eigenvalue weighted by Crippen LogP contribution is 2.30. The minimum Gasteiger partial charge on any atom is -0.349 e. The maximum Gasteiger partial charge on any atom is 0.225 e. The van der Waals surface area contributed by atoms with Crippen LogP contribution in [0.1, 0.15) is 43.4 Å². The van der Waals surface area contributed by atoms with Gasteiger partial charge < -0.3 is 10.2 Å². The summed E-state index contributed by atoms with van der Waals surface area (Å²) in [5.41, 5.74) is 1.93. The molecule has 0 spiro atoms. The molecule has 1 aliphatic carbocycles. The Bertz CT molecular complexity index is 760. The summed E-state index contributed by atoms with van der Waals surface area (Å²) in [6.07, 6.45) is 5.76. The van der Waals surface area contributed by atoms with Gasteiger partial charge in [0.1, 0.15) is 0 Å².